The maximum absolute atomic E-state index is 13.1. The smallest absolute Gasteiger partial charge is 0.295 e. The summed E-state index contributed by atoms with van der Waals surface area (Å²) in [4.78, 5) is 29.8. The molecule has 1 aliphatic rings. The quantitative estimate of drug-likeness (QED) is 0.292. The normalized spacial score (nSPS) is 17.8. The third-order valence-electron chi connectivity index (χ3n) is 5.66. The second-order valence-corrected chi connectivity index (χ2v) is 9.44. The van der Waals surface area contributed by atoms with Crippen LogP contribution in [0.4, 0.5) is 0 Å². The lowest BCUT2D eigenvalue weighted by Crippen LogP contribution is -2.32. The number of aliphatic hydroxyl groups is 1. The Kier molecular flexibility index (Phi) is 8.32. The molecule has 7 heteroatoms. The lowest BCUT2D eigenvalue weighted by molar-refractivity contribution is -0.139. The van der Waals surface area contributed by atoms with Crippen molar-refractivity contribution in [1.82, 2.24) is 9.80 Å². The van der Waals surface area contributed by atoms with Gasteiger partial charge in [0.15, 0.2) is 0 Å². The van der Waals surface area contributed by atoms with Crippen LogP contribution >= 0.6 is 15.9 Å². The third kappa shape index (κ3) is 5.65. The molecule has 1 heterocycles. The molecule has 0 bridgehead atoms. The van der Waals surface area contributed by atoms with Crippen LogP contribution in [0, 0.1) is 6.92 Å². The number of rotatable bonds is 9. The van der Waals surface area contributed by atoms with Gasteiger partial charge in [0.2, 0.25) is 0 Å². The van der Waals surface area contributed by atoms with Crippen LogP contribution in [0.25, 0.3) is 5.76 Å². The van der Waals surface area contributed by atoms with E-state index in [4.69, 9.17) is 4.74 Å². The number of ether oxygens (including phenoxy) is 1. The van der Waals surface area contributed by atoms with E-state index in [-0.39, 0.29) is 11.3 Å². The van der Waals surface area contributed by atoms with Crippen LogP contribution in [0.3, 0.4) is 0 Å². The maximum atomic E-state index is 13.1. The van der Waals surface area contributed by atoms with Crippen molar-refractivity contribution >= 4 is 33.4 Å². The van der Waals surface area contributed by atoms with Crippen LogP contribution in [0.1, 0.15) is 42.5 Å². The van der Waals surface area contributed by atoms with Gasteiger partial charge in [0.05, 0.1) is 18.2 Å². The molecular weight excluding hydrogens is 484 g/mol. The fourth-order valence-corrected chi connectivity index (χ4v) is 4.28. The number of benzene rings is 2. The molecule has 176 valence electrons. The number of carbonyl (C=O) groups is 2. The predicted molar refractivity (Wildman–Crippen MR) is 133 cm³/mol. The number of Topliss-reactive ketones (excluding diaryl/α,β-unsaturated/α-hetero) is 1. The first kappa shape index (κ1) is 25.0. The van der Waals surface area contributed by atoms with Crippen molar-refractivity contribution in [3.05, 3.63) is 69.2 Å². The van der Waals surface area contributed by atoms with Gasteiger partial charge in [-0.15, -0.1) is 0 Å². The van der Waals surface area contributed by atoms with Gasteiger partial charge in [-0.25, -0.2) is 0 Å². The number of hydrogen-bond donors (Lipinski definition) is 1. The molecule has 1 aliphatic heterocycles. The van der Waals surface area contributed by atoms with Gasteiger partial charge in [0, 0.05) is 16.6 Å². The predicted octanol–water partition coefficient (Wildman–Crippen LogP) is 4.92. The molecule has 2 aromatic carbocycles. The second-order valence-electron chi connectivity index (χ2n) is 8.53. The standard InChI is InChI=1S/C26H31BrN2O4/c1-5-15-33-20-11-12-21(17(2)16-20)24(30)22-23(18-7-9-19(27)10-8-18)29(26(32)25(22)31)14-6-13-28(3)4/h7-12,16,23,30H,5-6,13-15H2,1-4H3. The number of hydrogen-bond acceptors (Lipinski definition) is 5. The van der Waals surface area contributed by atoms with E-state index >= 15 is 0 Å². The van der Waals surface area contributed by atoms with Crippen LogP contribution in [-0.2, 0) is 9.59 Å². The molecule has 1 saturated heterocycles. The SMILES string of the molecule is CCCOc1ccc(C(O)=C2C(=O)C(=O)N(CCCN(C)C)C2c2ccc(Br)cc2)c(C)c1. The minimum Gasteiger partial charge on any atom is -0.507 e. The summed E-state index contributed by atoms with van der Waals surface area (Å²) in [5.74, 6) is -0.685. The van der Waals surface area contributed by atoms with E-state index in [9.17, 15) is 14.7 Å². The van der Waals surface area contributed by atoms with Crippen LogP contribution in [0.5, 0.6) is 5.75 Å². The van der Waals surface area contributed by atoms with Gasteiger partial charge >= 0.3 is 0 Å². The number of aryl methyl sites for hydroxylation is 1. The number of amides is 1. The Morgan fingerprint density at radius 1 is 1.15 bits per heavy atom. The van der Waals surface area contributed by atoms with Crippen molar-refractivity contribution in [2.24, 2.45) is 0 Å². The van der Waals surface area contributed by atoms with E-state index in [2.05, 4.69) is 15.9 Å². The van der Waals surface area contributed by atoms with E-state index in [0.717, 1.165) is 35.0 Å². The van der Waals surface area contributed by atoms with Gasteiger partial charge < -0.3 is 19.6 Å². The molecule has 1 unspecified atom stereocenters. The summed E-state index contributed by atoms with van der Waals surface area (Å²) in [7, 11) is 3.94. The average Bonchev–Trinajstić information content (AvgIpc) is 3.02. The molecule has 1 atom stereocenters. The Labute approximate surface area is 204 Å². The van der Waals surface area contributed by atoms with Crippen LogP contribution in [0.2, 0.25) is 0 Å². The highest BCUT2D eigenvalue weighted by Crippen LogP contribution is 2.40. The van der Waals surface area contributed by atoms with Crippen molar-refractivity contribution in [2.45, 2.75) is 32.7 Å². The minimum absolute atomic E-state index is 0.123. The highest BCUT2D eigenvalue weighted by atomic mass is 79.9. The van der Waals surface area contributed by atoms with Gasteiger partial charge in [-0.2, -0.15) is 0 Å². The van der Waals surface area contributed by atoms with Crippen molar-refractivity contribution in [3.8, 4) is 5.75 Å². The maximum Gasteiger partial charge on any atom is 0.295 e. The molecule has 1 fully saturated rings. The Bertz CT molecular complexity index is 1050. The van der Waals surface area contributed by atoms with Crippen LogP contribution in [-0.4, -0.2) is 60.4 Å². The number of aliphatic hydroxyl groups excluding tert-OH is 1. The number of carbonyl (C=O) groups excluding carboxylic acids is 2. The van der Waals surface area contributed by atoms with E-state index < -0.39 is 17.7 Å². The molecule has 0 saturated carbocycles. The number of nitrogens with zero attached hydrogens (tertiary/aromatic N) is 2. The van der Waals surface area contributed by atoms with E-state index in [1.54, 1.807) is 17.0 Å². The Balaban J connectivity index is 2.06. The van der Waals surface area contributed by atoms with Crippen molar-refractivity contribution in [3.63, 3.8) is 0 Å². The van der Waals surface area contributed by atoms with Crippen LogP contribution < -0.4 is 4.74 Å². The second kappa shape index (κ2) is 11.0. The van der Waals surface area contributed by atoms with Gasteiger partial charge in [-0.3, -0.25) is 9.59 Å². The molecule has 0 aromatic heterocycles. The summed E-state index contributed by atoms with van der Waals surface area (Å²) in [6.45, 7) is 5.70. The first-order valence-corrected chi connectivity index (χ1v) is 12.0. The van der Waals surface area contributed by atoms with E-state index in [1.807, 2.05) is 63.2 Å². The van der Waals surface area contributed by atoms with Gasteiger partial charge in [-0.05, 0) is 81.9 Å². The van der Waals surface area contributed by atoms with Crippen molar-refractivity contribution < 1.29 is 19.4 Å². The molecular formula is C26H31BrN2O4. The summed E-state index contributed by atoms with van der Waals surface area (Å²) >= 11 is 3.44. The molecule has 33 heavy (non-hydrogen) atoms. The molecule has 1 amide bonds. The Morgan fingerprint density at radius 2 is 1.85 bits per heavy atom. The summed E-state index contributed by atoms with van der Waals surface area (Å²) in [6, 6.07) is 12.2. The van der Waals surface area contributed by atoms with Gasteiger partial charge in [0.1, 0.15) is 11.5 Å². The molecule has 3 rings (SSSR count). The topological polar surface area (TPSA) is 70.1 Å². The number of halogens is 1. The lowest BCUT2D eigenvalue weighted by atomic mass is 9.94. The Morgan fingerprint density at radius 3 is 2.45 bits per heavy atom. The largest absolute Gasteiger partial charge is 0.507 e. The average molecular weight is 515 g/mol. The van der Waals surface area contributed by atoms with Gasteiger partial charge in [0.25, 0.3) is 11.7 Å². The molecule has 0 radical (unpaired) electrons. The molecule has 0 spiro atoms. The Hall–Kier alpha value is -2.64. The highest BCUT2D eigenvalue weighted by Gasteiger charge is 2.45. The fourth-order valence-electron chi connectivity index (χ4n) is 4.02. The van der Waals surface area contributed by atoms with Crippen molar-refractivity contribution in [1.29, 1.82) is 0 Å². The minimum atomic E-state index is -0.656. The molecule has 1 N–H and O–H groups in total. The summed E-state index contributed by atoms with van der Waals surface area (Å²) in [5, 5.41) is 11.3. The first-order chi connectivity index (χ1) is 15.7. The zero-order valence-electron chi connectivity index (χ0n) is 19.6. The van der Waals surface area contributed by atoms with Crippen molar-refractivity contribution in [2.75, 3.05) is 33.8 Å². The fraction of sp³-hybridized carbons (Fsp3) is 0.385. The summed E-state index contributed by atoms with van der Waals surface area (Å²) in [5.41, 5.74) is 2.20. The van der Waals surface area contributed by atoms with Crippen LogP contribution in [0.15, 0.2) is 52.5 Å². The number of ketones is 1. The first-order valence-electron chi connectivity index (χ1n) is 11.2. The monoisotopic (exact) mass is 514 g/mol. The molecule has 0 aliphatic carbocycles. The lowest BCUT2D eigenvalue weighted by Gasteiger charge is -2.26. The van der Waals surface area contributed by atoms with Gasteiger partial charge in [-0.1, -0.05) is 35.0 Å². The zero-order valence-corrected chi connectivity index (χ0v) is 21.2. The summed E-state index contributed by atoms with van der Waals surface area (Å²) < 4.78 is 6.58. The number of likely N-dealkylation sites (tertiary alicyclic amines) is 1. The summed E-state index contributed by atoms with van der Waals surface area (Å²) in [6.07, 6.45) is 1.61. The van der Waals surface area contributed by atoms with E-state index in [0.29, 0.717) is 24.5 Å². The highest BCUT2D eigenvalue weighted by molar-refractivity contribution is 9.10. The van der Waals surface area contributed by atoms with E-state index in [1.165, 1.54) is 0 Å². The molecule has 6 nitrogen and oxygen atoms in total. The third-order valence-corrected chi connectivity index (χ3v) is 6.18. The molecule has 2 aromatic rings. The zero-order chi connectivity index (χ0) is 24.1.